The first-order valence-electron chi connectivity index (χ1n) is 2.84. The maximum atomic E-state index is 5.44. The van der Waals surface area contributed by atoms with Crippen LogP contribution < -0.4 is 5.73 Å². The van der Waals surface area contributed by atoms with Gasteiger partial charge in [0.2, 0.25) is 0 Å². The van der Waals surface area contributed by atoms with E-state index in [0.717, 1.165) is 5.75 Å². The van der Waals surface area contributed by atoms with Crippen molar-refractivity contribution in [3.63, 3.8) is 0 Å². The fraction of sp³-hybridized carbons (Fsp3) is 0.500. The van der Waals surface area contributed by atoms with Crippen LogP contribution in [0.25, 0.3) is 0 Å². The molecule has 0 aromatic heterocycles. The summed E-state index contributed by atoms with van der Waals surface area (Å²) in [5.74, 6) is 0.979. The molecule has 0 aliphatic carbocycles. The Labute approximate surface area is 72.4 Å². The quantitative estimate of drug-likeness (QED) is 0.408. The van der Waals surface area contributed by atoms with Crippen LogP contribution in [0.3, 0.4) is 0 Å². The maximum absolute atomic E-state index is 5.44. The number of rotatable bonds is 3. The van der Waals surface area contributed by atoms with Gasteiger partial charge in [0.05, 0.1) is 6.54 Å². The van der Waals surface area contributed by atoms with E-state index in [1.165, 1.54) is 0 Å². The van der Waals surface area contributed by atoms with E-state index in [1.54, 1.807) is 17.8 Å². The Kier molecular flexibility index (Phi) is 11.1. The summed E-state index contributed by atoms with van der Waals surface area (Å²) < 4.78 is 0. The van der Waals surface area contributed by atoms with Crippen LogP contribution in [0.5, 0.6) is 0 Å². The summed E-state index contributed by atoms with van der Waals surface area (Å²) >= 11 is 1.55. The normalized spacial score (nSPS) is 10.3. The third kappa shape index (κ3) is 7.85. The van der Waals surface area contributed by atoms with Crippen molar-refractivity contribution in [2.75, 3.05) is 12.3 Å². The van der Waals surface area contributed by atoms with Crippen molar-refractivity contribution in [3.05, 3.63) is 12.7 Å². The maximum Gasteiger partial charge on any atom is 0.154 e. The van der Waals surface area contributed by atoms with E-state index in [0.29, 0.717) is 11.7 Å². The molecule has 2 N–H and O–H groups in total. The van der Waals surface area contributed by atoms with E-state index in [1.807, 2.05) is 6.92 Å². The summed E-state index contributed by atoms with van der Waals surface area (Å²) in [6, 6.07) is 0. The van der Waals surface area contributed by atoms with E-state index in [-0.39, 0.29) is 12.4 Å². The second-order valence-electron chi connectivity index (χ2n) is 1.40. The van der Waals surface area contributed by atoms with Crippen LogP contribution >= 0.6 is 24.2 Å². The Morgan fingerprint density at radius 3 is 2.80 bits per heavy atom. The molecule has 0 saturated carbocycles. The largest absolute Gasteiger partial charge is 0.379 e. The van der Waals surface area contributed by atoms with Crippen LogP contribution in [0.4, 0.5) is 0 Å². The predicted molar refractivity (Wildman–Crippen MR) is 52.1 cm³/mol. The molecule has 0 aliphatic heterocycles. The highest BCUT2D eigenvalue weighted by molar-refractivity contribution is 8.13. The van der Waals surface area contributed by atoms with Gasteiger partial charge < -0.3 is 5.73 Å². The van der Waals surface area contributed by atoms with Gasteiger partial charge in [-0.25, -0.2) is 0 Å². The van der Waals surface area contributed by atoms with E-state index < -0.39 is 0 Å². The molecular formula is C6H13ClN2S. The highest BCUT2D eigenvalue weighted by Crippen LogP contribution is 1.96. The van der Waals surface area contributed by atoms with E-state index in [2.05, 4.69) is 11.6 Å². The fourth-order valence-corrected chi connectivity index (χ4v) is 0.810. The molecule has 10 heavy (non-hydrogen) atoms. The Morgan fingerprint density at radius 1 is 1.80 bits per heavy atom. The number of nitrogens with zero attached hydrogens (tertiary/aromatic N) is 1. The van der Waals surface area contributed by atoms with Crippen molar-refractivity contribution in [1.29, 1.82) is 0 Å². The summed E-state index contributed by atoms with van der Waals surface area (Å²) in [5.41, 5.74) is 5.44. The Bertz CT molecular complexity index is 114. The molecule has 0 rings (SSSR count). The molecule has 0 aliphatic rings. The van der Waals surface area contributed by atoms with Gasteiger partial charge in [-0.15, -0.1) is 19.0 Å². The number of nitrogens with two attached hydrogens (primary N) is 1. The van der Waals surface area contributed by atoms with Gasteiger partial charge in [0, 0.05) is 0 Å². The number of aliphatic imine (C=N–C) groups is 1. The zero-order chi connectivity index (χ0) is 7.11. The van der Waals surface area contributed by atoms with Gasteiger partial charge in [-0.05, 0) is 5.75 Å². The zero-order valence-corrected chi connectivity index (χ0v) is 7.67. The second kappa shape index (κ2) is 8.85. The Balaban J connectivity index is 0. The van der Waals surface area contributed by atoms with E-state index in [4.69, 9.17) is 5.73 Å². The molecule has 0 atom stereocenters. The molecule has 0 fully saturated rings. The molecule has 0 amide bonds. The van der Waals surface area contributed by atoms with Gasteiger partial charge in [-0.3, -0.25) is 4.99 Å². The van der Waals surface area contributed by atoms with Gasteiger partial charge >= 0.3 is 0 Å². The van der Waals surface area contributed by atoms with Gasteiger partial charge in [0.25, 0.3) is 0 Å². The fourth-order valence-electron chi connectivity index (χ4n) is 0.348. The molecule has 0 aromatic rings. The lowest BCUT2D eigenvalue weighted by molar-refractivity contribution is 1.25. The van der Waals surface area contributed by atoms with Crippen molar-refractivity contribution in [3.8, 4) is 0 Å². The first-order chi connectivity index (χ1) is 4.31. The van der Waals surface area contributed by atoms with Crippen LogP contribution in [-0.4, -0.2) is 17.5 Å². The molecule has 0 saturated heterocycles. The van der Waals surface area contributed by atoms with Crippen LogP contribution in [0, 0.1) is 0 Å². The third-order valence-corrected chi connectivity index (χ3v) is 1.38. The lowest BCUT2D eigenvalue weighted by atomic mass is 10.7. The molecule has 0 spiro atoms. The van der Waals surface area contributed by atoms with Crippen LogP contribution in [-0.2, 0) is 0 Å². The predicted octanol–water partition coefficient (Wildman–Crippen LogP) is 1.66. The molecule has 0 radical (unpaired) electrons. The molecule has 2 nitrogen and oxygen atoms in total. The van der Waals surface area contributed by atoms with Crippen LogP contribution in [0.15, 0.2) is 17.6 Å². The lowest BCUT2D eigenvalue weighted by Gasteiger charge is -1.93. The van der Waals surface area contributed by atoms with Crippen molar-refractivity contribution < 1.29 is 0 Å². The number of hydrogen-bond acceptors (Lipinski definition) is 2. The average Bonchev–Trinajstić information content (AvgIpc) is 1.85. The van der Waals surface area contributed by atoms with Gasteiger partial charge in [0.1, 0.15) is 0 Å². The molecular weight excluding hydrogens is 168 g/mol. The first-order valence-corrected chi connectivity index (χ1v) is 3.83. The van der Waals surface area contributed by atoms with Crippen molar-refractivity contribution in [2.45, 2.75) is 6.92 Å². The highest BCUT2D eigenvalue weighted by atomic mass is 35.5. The minimum absolute atomic E-state index is 0. The Hall–Kier alpha value is -0.150. The van der Waals surface area contributed by atoms with Crippen molar-refractivity contribution >= 4 is 29.3 Å². The number of hydrogen-bond donors (Lipinski definition) is 1. The average molecular weight is 181 g/mol. The van der Waals surface area contributed by atoms with Crippen LogP contribution in [0.2, 0.25) is 0 Å². The Morgan fingerprint density at radius 2 is 2.40 bits per heavy atom. The smallest absolute Gasteiger partial charge is 0.154 e. The van der Waals surface area contributed by atoms with Gasteiger partial charge in [0.15, 0.2) is 5.17 Å². The summed E-state index contributed by atoms with van der Waals surface area (Å²) in [6.45, 7) is 6.19. The molecule has 0 bridgehead atoms. The molecule has 60 valence electrons. The van der Waals surface area contributed by atoms with Crippen molar-refractivity contribution in [1.82, 2.24) is 0 Å². The topological polar surface area (TPSA) is 38.4 Å². The summed E-state index contributed by atoms with van der Waals surface area (Å²) in [4.78, 5) is 3.97. The SMILES string of the molecule is C=CCN=C(N)SCC.Cl. The third-order valence-electron chi connectivity index (χ3n) is 0.668. The van der Waals surface area contributed by atoms with E-state index >= 15 is 0 Å². The van der Waals surface area contributed by atoms with E-state index in [9.17, 15) is 0 Å². The number of halogens is 1. The summed E-state index contributed by atoms with van der Waals surface area (Å²) in [5, 5.41) is 0.650. The minimum atomic E-state index is 0. The summed E-state index contributed by atoms with van der Waals surface area (Å²) in [6.07, 6.45) is 1.73. The highest BCUT2D eigenvalue weighted by Gasteiger charge is 1.85. The molecule has 0 unspecified atom stereocenters. The number of amidine groups is 1. The standard InChI is InChI=1S/C6H12N2S.ClH/c1-3-5-8-6(7)9-4-2;/h3H,1,4-5H2,2H3,(H2,7,8);1H. The van der Waals surface area contributed by atoms with Crippen LogP contribution in [0.1, 0.15) is 6.92 Å². The van der Waals surface area contributed by atoms with Gasteiger partial charge in [-0.1, -0.05) is 24.8 Å². The van der Waals surface area contributed by atoms with Gasteiger partial charge in [-0.2, -0.15) is 0 Å². The first kappa shape index (κ1) is 12.5. The number of thioether (sulfide) groups is 1. The summed E-state index contributed by atoms with van der Waals surface area (Å²) in [7, 11) is 0. The zero-order valence-electron chi connectivity index (χ0n) is 6.04. The minimum Gasteiger partial charge on any atom is -0.379 e. The van der Waals surface area contributed by atoms with Crippen molar-refractivity contribution in [2.24, 2.45) is 10.7 Å². The molecule has 0 heterocycles. The lowest BCUT2D eigenvalue weighted by Crippen LogP contribution is -2.06. The second-order valence-corrected chi connectivity index (χ2v) is 2.68. The molecule has 0 aromatic carbocycles. The monoisotopic (exact) mass is 180 g/mol. The molecule has 4 heteroatoms.